The maximum absolute atomic E-state index is 4.60. The first-order valence-electron chi connectivity index (χ1n) is 6.19. The first-order chi connectivity index (χ1) is 8.33. The van der Waals surface area contributed by atoms with Crippen LogP contribution >= 0.6 is 15.9 Å². The van der Waals surface area contributed by atoms with Crippen LogP contribution in [0.15, 0.2) is 29.0 Å². The highest BCUT2D eigenvalue weighted by atomic mass is 79.9. The molecule has 0 bridgehead atoms. The molecule has 2 heterocycles. The van der Waals surface area contributed by atoms with Gasteiger partial charge in [0.05, 0.1) is 10.3 Å². The van der Waals surface area contributed by atoms with E-state index in [4.69, 9.17) is 0 Å². The topological polar surface area (TPSA) is 29.3 Å². The molecule has 17 heavy (non-hydrogen) atoms. The molecule has 0 aliphatic heterocycles. The van der Waals surface area contributed by atoms with Gasteiger partial charge in [-0.3, -0.25) is 4.40 Å². The number of hydrogen-bond acceptors (Lipinski definition) is 2. The summed E-state index contributed by atoms with van der Waals surface area (Å²) in [5.41, 5.74) is 2.12. The summed E-state index contributed by atoms with van der Waals surface area (Å²) in [6.07, 6.45) is 7.47. The molecule has 0 unspecified atom stereocenters. The third-order valence-electron chi connectivity index (χ3n) is 3.42. The summed E-state index contributed by atoms with van der Waals surface area (Å²) in [6.45, 7) is 0.874. The molecule has 0 atom stereocenters. The van der Waals surface area contributed by atoms with E-state index in [0.29, 0.717) is 6.04 Å². The molecule has 90 valence electrons. The molecule has 1 aliphatic rings. The lowest BCUT2D eigenvalue weighted by molar-refractivity contribution is 0.520. The molecule has 3 nitrogen and oxygen atoms in total. The van der Waals surface area contributed by atoms with Crippen molar-refractivity contribution in [1.82, 2.24) is 14.7 Å². The molecule has 1 fully saturated rings. The Morgan fingerprint density at radius 1 is 1.35 bits per heavy atom. The van der Waals surface area contributed by atoms with Gasteiger partial charge in [0.25, 0.3) is 0 Å². The van der Waals surface area contributed by atoms with Crippen LogP contribution in [0, 0.1) is 0 Å². The number of nitrogens with zero attached hydrogens (tertiary/aromatic N) is 2. The second-order valence-corrected chi connectivity index (χ2v) is 5.48. The number of rotatable bonds is 3. The zero-order valence-electron chi connectivity index (χ0n) is 9.69. The summed E-state index contributed by atoms with van der Waals surface area (Å²) in [5.74, 6) is 0. The van der Waals surface area contributed by atoms with Crippen LogP contribution in [0.5, 0.6) is 0 Å². The van der Waals surface area contributed by atoms with Crippen LogP contribution < -0.4 is 5.32 Å². The summed E-state index contributed by atoms with van der Waals surface area (Å²) in [7, 11) is 0. The molecule has 0 spiro atoms. The Morgan fingerprint density at radius 3 is 2.94 bits per heavy atom. The number of fused-ring (bicyclic) bond motifs is 1. The molecular weight excluding hydrogens is 278 g/mol. The number of aromatic nitrogens is 2. The molecule has 0 saturated heterocycles. The van der Waals surface area contributed by atoms with Crippen molar-refractivity contribution >= 4 is 21.6 Å². The average Bonchev–Trinajstić information content (AvgIpc) is 2.95. The third kappa shape index (κ3) is 2.38. The minimum absolute atomic E-state index is 0.697. The highest BCUT2D eigenvalue weighted by Crippen LogP contribution is 2.18. The van der Waals surface area contributed by atoms with Gasteiger partial charge in [-0.25, -0.2) is 4.98 Å². The number of nitrogens with one attached hydrogen (secondary N) is 1. The van der Waals surface area contributed by atoms with Gasteiger partial charge in [-0.05, 0) is 40.9 Å². The summed E-state index contributed by atoms with van der Waals surface area (Å²) < 4.78 is 3.13. The molecule has 1 N–H and O–H groups in total. The first kappa shape index (κ1) is 11.2. The molecule has 0 aromatic carbocycles. The Morgan fingerprint density at radius 2 is 2.18 bits per heavy atom. The van der Waals surface area contributed by atoms with Gasteiger partial charge >= 0.3 is 0 Å². The van der Waals surface area contributed by atoms with Crippen molar-refractivity contribution in [2.24, 2.45) is 0 Å². The molecule has 1 saturated carbocycles. The monoisotopic (exact) mass is 293 g/mol. The molecule has 0 amide bonds. The fraction of sp³-hybridized carbons (Fsp3) is 0.462. The smallest absolute Gasteiger partial charge is 0.137 e. The SMILES string of the molecule is Brc1cccc2nc(CNC3CCCC3)cn12. The number of pyridine rings is 1. The van der Waals surface area contributed by atoms with Crippen molar-refractivity contribution in [3.63, 3.8) is 0 Å². The fourth-order valence-corrected chi connectivity index (χ4v) is 2.93. The first-order valence-corrected chi connectivity index (χ1v) is 6.98. The zero-order chi connectivity index (χ0) is 11.7. The molecule has 4 heteroatoms. The van der Waals surface area contributed by atoms with Crippen LogP contribution in [-0.2, 0) is 6.54 Å². The minimum Gasteiger partial charge on any atom is -0.308 e. The molecule has 1 aliphatic carbocycles. The van der Waals surface area contributed by atoms with E-state index in [-0.39, 0.29) is 0 Å². The second kappa shape index (κ2) is 4.78. The summed E-state index contributed by atoms with van der Waals surface area (Å²) in [6, 6.07) is 6.77. The Kier molecular flexibility index (Phi) is 3.16. The summed E-state index contributed by atoms with van der Waals surface area (Å²) >= 11 is 3.53. The molecule has 3 rings (SSSR count). The van der Waals surface area contributed by atoms with Gasteiger partial charge in [-0.2, -0.15) is 0 Å². The van der Waals surface area contributed by atoms with Crippen molar-refractivity contribution in [2.45, 2.75) is 38.3 Å². The molecule has 2 aromatic heterocycles. The van der Waals surface area contributed by atoms with E-state index in [1.807, 2.05) is 18.2 Å². The lowest BCUT2D eigenvalue weighted by Gasteiger charge is -2.09. The van der Waals surface area contributed by atoms with Crippen molar-refractivity contribution in [1.29, 1.82) is 0 Å². The quantitative estimate of drug-likeness (QED) is 0.881. The van der Waals surface area contributed by atoms with E-state index in [1.165, 1.54) is 25.7 Å². The van der Waals surface area contributed by atoms with Crippen LogP contribution in [0.1, 0.15) is 31.4 Å². The van der Waals surface area contributed by atoms with Crippen LogP contribution in [0.3, 0.4) is 0 Å². The Bertz CT molecular complexity index is 514. The van der Waals surface area contributed by atoms with Crippen LogP contribution in [-0.4, -0.2) is 15.4 Å². The highest BCUT2D eigenvalue weighted by molar-refractivity contribution is 9.10. The Hall–Kier alpha value is -0.870. The number of hydrogen-bond donors (Lipinski definition) is 1. The van der Waals surface area contributed by atoms with Gasteiger partial charge in [0, 0.05) is 18.8 Å². The van der Waals surface area contributed by atoms with Crippen LogP contribution in [0.25, 0.3) is 5.65 Å². The van der Waals surface area contributed by atoms with E-state index < -0.39 is 0 Å². The van der Waals surface area contributed by atoms with Crippen molar-refractivity contribution in [3.05, 3.63) is 34.7 Å². The normalized spacial score (nSPS) is 17.0. The van der Waals surface area contributed by atoms with Crippen molar-refractivity contribution < 1.29 is 0 Å². The van der Waals surface area contributed by atoms with E-state index in [0.717, 1.165) is 22.5 Å². The van der Waals surface area contributed by atoms with Gasteiger partial charge in [0.1, 0.15) is 5.65 Å². The van der Waals surface area contributed by atoms with Crippen molar-refractivity contribution in [3.8, 4) is 0 Å². The van der Waals surface area contributed by atoms with Crippen LogP contribution in [0.4, 0.5) is 0 Å². The Balaban J connectivity index is 1.74. The standard InChI is InChI=1S/C13H16BrN3/c14-12-6-3-7-13-16-11(9-17(12)13)8-15-10-4-1-2-5-10/h3,6-7,9-10,15H,1-2,4-5,8H2. The van der Waals surface area contributed by atoms with E-state index in [1.54, 1.807) is 0 Å². The van der Waals surface area contributed by atoms with Crippen LogP contribution in [0.2, 0.25) is 0 Å². The summed E-state index contributed by atoms with van der Waals surface area (Å²) in [4.78, 5) is 4.60. The molecule has 0 radical (unpaired) electrons. The van der Waals surface area contributed by atoms with E-state index >= 15 is 0 Å². The molecule has 2 aromatic rings. The van der Waals surface area contributed by atoms with Gasteiger partial charge in [-0.1, -0.05) is 18.9 Å². The molecular formula is C13H16BrN3. The second-order valence-electron chi connectivity index (χ2n) is 4.67. The maximum Gasteiger partial charge on any atom is 0.137 e. The van der Waals surface area contributed by atoms with E-state index in [9.17, 15) is 0 Å². The lowest BCUT2D eigenvalue weighted by Crippen LogP contribution is -2.25. The fourth-order valence-electron chi connectivity index (χ4n) is 2.49. The number of imidazole rings is 1. The van der Waals surface area contributed by atoms with E-state index in [2.05, 4.69) is 36.8 Å². The summed E-state index contributed by atoms with van der Waals surface area (Å²) in [5, 5.41) is 3.59. The minimum atomic E-state index is 0.697. The number of halogens is 1. The maximum atomic E-state index is 4.60. The van der Waals surface area contributed by atoms with Crippen molar-refractivity contribution in [2.75, 3.05) is 0 Å². The van der Waals surface area contributed by atoms with Gasteiger partial charge in [0.15, 0.2) is 0 Å². The largest absolute Gasteiger partial charge is 0.308 e. The highest BCUT2D eigenvalue weighted by Gasteiger charge is 2.14. The van der Waals surface area contributed by atoms with Gasteiger partial charge in [0.2, 0.25) is 0 Å². The third-order valence-corrected chi connectivity index (χ3v) is 4.07. The zero-order valence-corrected chi connectivity index (χ0v) is 11.3. The van der Waals surface area contributed by atoms with Gasteiger partial charge < -0.3 is 5.32 Å². The predicted octanol–water partition coefficient (Wildman–Crippen LogP) is 3.13. The lowest BCUT2D eigenvalue weighted by atomic mass is 10.2. The Labute approximate surface area is 109 Å². The predicted molar refractivity (Wildman–Crippen MR) is 72.0 cm³/mol. The van der Waals surface area contributed by atoms with Gasteiger partial charge in [-0.15, -0.1) is 0 Å². The average molecular weight is 294 g/mol.